The minimum atomic E-state index is -0.119. The van der Waals surface area contributed by atoms with Crippen LogP contribution in [0.3, 0.4) is 0 Å². The van der Waals surface area contributed by atoms with Gasteiger partial charge in [-0.3, -0.25) is 9.78 Å². The fourth-order valence-corrected chi connectivity index (χ4v) is 2.84. The summed E-state index contributed by atoms with van der Waals surface area (Å²) in [7, 11) is 0. The average Bonchev–Trinajstić information content (AvgIpc) is 3.39. The lowest BCUT2D eigenvalue weighted by Crippen LogP contribution is -2.43. The quantitative estimate of drug-likeness (QED) is 0.683. The van der Waals surface area contributed by atoms with Gasteiger partial charge >= 0.3 is 0 Å². The second-order valence-corrected chi connectivity index (χ2v) is 5.91. The molecule has 0 aromatic carbocycles. The molecule has 1 aliphatic rings. The summed E-state index contributed by atoms with van der Waals surface area (Å²) in [4.78, 5) is 26.5. The van der Waals surface area contributed by atoms with Gasteiger partial charge in [0, 0.05) is 25.5 Å². The van der Waals surface area contributed by atoms with Crippen molar-refractivity contribution in [1.29, 1.82) is 0 Å². The molecule has 0 radical (unpaired) electrons. The molecule has 9 heteroatoms. The lowest BCUT2D eigenvalue weighted by molar-refractivity contribution is -0.0160. The minimum absolute atomic E-state index is 0.0884. The molecule has 3 aromatic heterocycles. The van der Waals surface area contributed by atoms with Gasteiger partial charge in [0.05, 0.1) is 18.6 Å². The SMILES string of the molecule is O=C(c1ccco1)N1CCC[C@H](OCc2nc(-c3cnccn3)no2)C1. The number of likely N-dealkylation sites (tertiary alicyclic amines) is 1. The highest BCUT2D eigenvalue weighted by Crippen LogP contribution is 2.18. The lowest BCUT2D eigenvalue weighted by Gasteiger charge is -2.31. The fourth-order valence-electron chi connectivity index (χ4n) is 2.84. The van der Waals surface area contributed by atoms with Crippen molar-refractivity contribution >= 4 is 5.91 Å². The van der Waals surface area contributed by atoms with Gasteiger partial charge in [-0.1, -0.05) is 5.16 Å². The predicted molar refractivity (Wildman–Crippen MR) is 87.7 cm³/mol. The summed E-state index contributed by atoms with van der Waals surface area (Å²) >= 11 is 0. The van der Waals surface area contributed by atoms with Crippen LogP contribution in [0.1, 0.15) is 29.3 Å². The van der Waals surface area contributed by atoms with E-state index in [-0.39, 0.29) is 18.6 Å². The van der Waals surface area contributed by atoms with Crippen LogP contribution in [0.15, 0.2) is 45.9 Å². The van der Waals surface area contributed by atoms with Crippen molar-refractivity contribution in [2.24, 2.45) is 0 Å². The molecule has 26 heavy (non-hydrogen) atoms. The number of carbonyl (C=O) groups excluding carboxylic acids is 1. The standard InChI is InChI=1S/C17H17N5O4/c23-17(14-4-2-8-24-14)22-7-1-3-12(10-22)25-11-15-20-16(21-26-15)13-9-18-5-6-19-13/h2,4-6,8-9,12H,1,3,7,10-11H2/t12-/m0/s1. The first-order chi connectivity index (χ1) is 12.8. The van der Waals surface area contributed by atoms with Crippen LogP contribution in [0.2, 0.25) is 0 Å². The molecule has 0 N–H and O–H groups in total. The van der Waals surface area contributed by atoms with Crippen LogP contribution in [-0.2, 0) is 11.3 Å². The van der Waals surface area contributed by atoms with Gasteiger partial charge in [-0.05, 0) is 25.0 Å². The molecule has 0 aliphatic carbocycles. The second kappa shape index (κ2) is 7.44. The number of piperidine rings is 1. The summed E-state index contributed by atoms with van der Waals surface area (Å²) in [5.41, 5.74) is 0.537. The van der Waals surface area contributed by atoms with E-state index in [0.29, 0.717) is 36.3 Å². The van der Waals surface area contributed by atoms with Crippen molar-refractivity contribution in [1.82, 2.24) is 25.0 Å². The molecule has 1 atom stereocenters. The molecule has 1 fully saturated rings. The highest BCUT2D eigenvalue weighted by Gasteiger charge is 2.26. The Labute approximate surface area is 149 Å². The van der Waals surface area contributed by atoms with E-state index < -0.39 is 0 Å². The number of hydrogen-bond donors (Lipinski definition) is 0. The Morgan fingerprint density at radius 1 is 1.38 bits per heavy atom. The Morgan fingerprint density at radius 3 is 3.15 bits per heavy atom. The summed E-state index contributed by atoms with van der Waals surface area (Å²) in [5.74, 6) is 0.956. The van der Waals surface area contributed by atoms with E-state index in [1.54, 1.807) is 35.6 Å². The first-order valence-electron chi connectivity index (χ1n) is 8.33. The summed E-state index contributed by atoms with van der Waals surface area (Å²) in [6, 6.07) is 3.37. The fraction of sp³-hybridized carbons (Fsp3) is 0.353. The van der Waals surface area contributed by atoms with E-state index in [1.165, 1.54) is 6.26 Å². The third kappa shape index (κ3) is 3.62. The molecule has 0 spiro atoms. The number of hydrogen-bond acceptors (Lipinski definition) is 8. The van der Waals surface area contributed by atoms with Gasteiger partial charge in [0.15, 0.2) is 5.76 Å². The van der Waals surface area contributed by atoms with E-state index in [0.717, 1.165) is 12.8 Å². The maximum atomic E-state index is 12.4. The molecule has 134 valence electrons. The number of nitrogens with zero attached hydrogens (tertiary/aromatic N) is 5. The molecule has 4 heterocycles. The zero-order valence-corrected chi connectivity index (χ0v) is 13.9. The summed E-state index contributed by atoms with van der Waals surface area (Å²) in [5, 5.41) is 3.88. The normalized spacial score (nSPS) is 17.4. The van der Waals surface area contributed by atoms with Crippen molar-refractivity contribution < 1.29 is 18.5 Å². The maximum absolute atomic E-state index is 12.4. The van der Waals surface area contributed by atoms with Crippen LogP contribution >= 0.6 is 0 Å². The molecule has 4 rings (SSSR count). The van der Waals surface area contributed by atoms with E-state index in [4.69, 9.17) is 13.7 Å². The van der Waals surface area contributed by atoms with Crippen LogP contribution in [0.25, 0.3) is 11.5 Å². The number of amides is 1. The van der Waals surface area contributed by atoms with E-state index in [2.05, 4.69) is 20.1 Å². The van der Waals surface area contributed by atoms with Gasteiger partial charge < -0.3 is 18.6 Å². The van der Waals surface area contributed by atoms with Crippen LogP contribution in [-0.4, -0.2) is 50.1 Å². The zero-order valence-electron chi connectivity index (χ0n) is 13.9. The number of rotatable bonds is 5. The molecule has 0 unspecified atom stereocenters. The van der Waals surface area contributed by atoms with Crippen molar-refractivity contribution in [2.45, 2.75) is 25.6 Å². The van der Waals surface area contributed by atoms with Crippen molar-refractivity contribution in [3.63, 3.8) is 0 Å². The van der Waals surface area contributed by atoms with Gasteiger partial charge in [0.2, 0.25) is 5.82 Å². The van der Waals surface area contributed by atoms with E-state index in [9.17, 15) is 4.79 Å². The predicted octanol–water partition coefficient (Wildman–Crippen LogP) is 1.94. The van der Waals surface area contributed by atoms with E-state index >= 15 is 0 Å². The largest absolute Gasteiger partial charge is 0.459 e. The smallest absolute Gasteiger partial charge is 0.289 e. The first-order valence-corrected chi connectivity index (χ1v) is 8.33. The third-order valence-corrected chi connectivity index (χ3v) is 4.10. The Balaban J connectivity index is 1.33. The molecular formula is C17H17N5O4. The second-order valence-electron chi connectivity index (χ2n) is 5.91. The van der Waals surface area contributed by atoms with Gasteiger partial charge in [-0.15, -0.1) is 0 Å². The Bertz CT molecular complexity index is 849. The topological polar surface area (TPSA) is 107 Å². The Kier molecular flexibility index (Phi) is 4.69. The van der Waals surface area contributed by atoms with E-state index in [1.807, 2.05) is 0 Å². The van der Waals surface area contributed by atoms with Gasteiger partial charge in [0.25, 0.3) is 11.8 Å². The molecule has 0 bridgehead atoms. The van der Waals surface area contributed by atoms with Crippen LogP contribution in [0, 0.1) is 0 Å². The Hall–Kier alpha value is -3.07. The maximum Gasteiger partial charge on any atom is 0.289 e. The van der Waals surface area contributed by atoms with Gasteiger partial charge in [0.1, 0.15) is 12.3 Å². The number of carbonyl (C=O) groups is 1. The summed E-state index contributed by atoms with van der Waals surface area (Å²) in [6.07, 6.45) is 7.85. The summed E-state index contributed by atoms with van der Waals surface area (Å²) < 4.78 is 16.2. The molecule has 0 saturated carbocycles. The third-order valence-electron chi connectivity index (χ3n) is 4.10. The van der Waals surface area contributed by atoms with Crippen molar-refractivity contribution in [3.8, 4) is 11.5 Å². The monoisotopic (exact) mass is 355 g/mol. The number of furan rings is 1. The van der Waals surface area contributed by atoms with Crippen molar-refractivity contribution in [2.75, 3.05) is 13.1 Å². The first kappa shape index (κ1) is 16.4. The van der Waals surface area contributed by atoms with Gasteiger partial charge in [-0.25, -0.2) is 4.98 Å². The highest BCUT2D eigenvalue weighted by atomic mass is 16.5. The molecule has 1 aliphatic heterocycles. The lowest BCUT2D eigenvalue weighted by atomic mass is 10.1. The molecular weight excluding hydrogens is 338 g/mol. The Morgan fingerprint density at radius 2 is 2.35 bits per heavy atom. The zero-order chi connectivity index (χ0) is 17.8. The minimum Gasteiger partial charge on any atom is -0.459 e. The molecule has 9 nitrogen and oxygen atoms in total. The molecule has 1 amide bonds. The average molecular weight is 355 g/mol. The summed E-state index contributed by atoms with van der Waals surface area (Å²) in [6.45, 7) is 1.38. The van der Waals surface area contributed by atoms with Crippen molar-refractivity contribution in [3.05, 3.63) is 48.6 Å². The molecule has 3 aromatic rings. The number of ether oxygens (including phenoxy) is 1. The van der Waals surface area contributed by atoms with Crippen LogP contribution < -0.4 is 0 Å². The van der Waals surface area contributed by atoms with Crippen LogP contribution in [0.4, 0.5) is 0 Å². The number of aromatic nitrogens is 4. The highest BCUT2D eigenvalue weighted by molar-refractivity contribution is 5.91. The molecule has 1 saturated heterocycles. The van der Waals surface area contributed by atoms with Gasteiger partial charge in [-0.2, -0.15) is 4.98 Å². The van der Waals surface area contributed by atoms with Crippen LogP contribution in [0.5, 0.6) is 0 Å².